The number of aromatic nitrogens is 1. The van der Waals surface area contributed by atoms with Crippen molar-refractivity contribution in [1.82, 2.24) is 9.88 Å². The number of piperidine rings is 1. The van der Waals surface area contributed by atoms with Crippen LogP contribution in [0.1, 0.15) is 50.6 Å². The normalized spacial score (nSPS) is 32.6. The second-order valence-electron chi connectivity index (χ2n) is 7.46. The highest BCUT2D eigenvalue weighted by Gasteiger charge is 2.47. The summed E-state index contributed by atoms with van der Waals surface area (Å²) in [6.07, 6.45) is 12.3. The predicted molar refractivity (Wildman–Crippen MR) is 87.5 cm³/mol. The third-order valence-corrected chi connectivity index (χ3v) is 5.98. The molecule has 0 unspecified atom stereocenters. The van der Waals surface area contributed by atoms with E-state index in [-0.39, 0.29) is 0 Å². The molecule has 0 spiro atoms. The fourth-order valence-corrected chi connectivity index (χ4v) is 4.87. The van der Waals surface area contributed by atoms with E-state index < -0.39 is 0 Å². The van der Waals surface area contributed by atoms with Crippen molar-refractivity contribution in [2.24, 2.45) is 11.8 Å². The minimum Gasteiger partial charge on any atom is -0.370 e. The van der Waals surface area contributed by atoms with Crippen LogP contribution in [-0.4, -0.2) is 35.1 Å². The van der Waals surface area contributed by atoms with Gasteiger partial charge >= 0.3 is 0 Å². The van der Waals surface area contributed by atoms with Crippen LogP contribution in [0.25, 0.3) is 0 Å². The van der Waals surface area contributed by atoms with Gasteiger partial charge in [-0.05, 0) is 49.7 Å². The first kappa shape index (κ1) is 14.6. The topological polar surface area (TPSA) is 25.4 Å². The number of hydrogen-bond acceptors (Lipinski definition) is 3. The lowest BCUT2D eigenvalue weighted by Crippen LogP contribution is -2.39. The zero-order chi connectivity index (χ0) is 14.8. The lowest BCUT2D eigenvalue weighted by atomic mass is 9.88. The molecule has 3 heteroatoms. The summed E-state index contributed by atoms with van der Waals surface area (Å²) in [5, 5.41) is 0. The maximum Gasteiger partial charge on any atom is 0.0892 e. The highest BCUT2D eigenvalue weighted by Crippen LogP contribution is 2.41. The minimum atomic E-state index is 0.450. The number of fused-ring (bicyclic) bond motifs is 2. The summed E-state index contributed by atoms with van der Waals surface area (Å²) in [5.74, 6) is 1.71. The molecule has 2 aliphatic carbocycles. The molecule has 3 atom stereocenters. The number of ether oxygens (including phenoxy) is 1. The molecular formula is C19H28N2O. The molecular weight excluding hydrogens is 272 g/mol. The van der Waals surface area contributed by atoms with Crippen LogP contribution >= 0.6 is 0 Å². The van der Waals surface area contributed by atoms with Gasteiger partial charge in [0.15, 0.2) is 0 Å². The van der Waals surface area contributed by atoms with Crippen LogP contribution in [0.2, 0.25) is 0 Å². The SMILES string of the molecule is c1ccc(CO[C@@H]2[C@H]3CC[C@H]2N(CC2CCCCC2)C3)nc1. The quantitative estimate of drug-likeness (QED) is 0.830. The summed E-state index contributed by atoms with van der Waals surface area (Å²) in [7, 11) is 0. The van der Waals surface area contributed by atoms with E-state index in [0.717, 1.165) is 17.5 Å². The van der Waals surface area contributed by atoms with Crippen LogP contribution in [0, 0.1) is 11.8 Å². The van der Waals surface area contributed by atoms with Gasteiger partial charge < -0.3 is 4.74 Å². The number of likely N-dealkylation sites (tertiary alicyclic amines) is 1. The average molecular weight is 300 g/mol. The Hall–Kier alpha value is -0.930. The molecule has 1 aromatic rings. The molecule has 0 aromatic carbocycles. The maximum absolute atomic E-state index is 6.29. The average Bonchev–Trinajstić information content (AvgIpc) is 3.11. The van der Waals surface area contributed by atoms with Gasteiger partial charge in [-0.15, -0.1) is 0 Å². The van der Waals surface area contributed by atoms with E-state index in [9.17, 15) is 0 Å². The molecule has 3 aliphatic rings. The van der Waals surface area contributed by atoms with Crippen molar-refractivity contribution < 1.29 is 4.74 Å². The fourth-order valence-electron chi connectivity index (χ4n) is 4.87. The molecule has 0 radical (unpaired) electrons. The van der Waals surface area contributed by atoms with E-state index in [1.807, 2.05) is 18.3 Å². The predicted octanol–water partition coefficient (Wildman–Crippen LogP) is 3.64. The summed E-state index contributed by atoms with van der Waals surface area (Å²) in [5.41, 5.74) is 1.06. The van der Waals surface area contributed by atoms with Crippen LogP contribution in [0.4, 0.5) is 0 Å². The zero-order valence-corrected chi connectivity index (χ0v) is 13.5. The first-order valence-corrected chi connectivity index (χ1v) is 9.16. The van der Waals surface area contributed by atoms with Crippen molar-refractivity contribution in [1.29, 1.82) is 0 Å². The smallest absolute Gasteiger partial charge is 0.0892 e. The van der Waals surface area contributed by atoms with Gasteiger partial charge in [-0.1, -0.05) is 25.3 Å². The Bertz CT molecular complexity index is 472. The summed E-state index contributed by atoms with van der Waals surface area (Å²) >= 11 is 0. The zero-order valence-electron chi connectivity index (χ0n) is 13.5. The van der Waals surface area contributed by atoms with Crippen molar-refractivity contribution in [3.8, 4) is 0 Å². The molecule has 2 heterocycles. The van der Waals surface area contributed by atoms with Crippen molar-refractivity contribution >= 4 is 0 Å². The van der Waals surface area contributed by atoms with Gasteiger partial charge in [0.25, 0.3) is 0 Å². The highest BCUT2D eigenvalue weighted by molar-refractivity contribution is 5.04. The third-order valence-electron chi connectivity index (χ3n) is 5.98. The standard InChI is InChI=1S/C19H28N2O/c1-2-6-15(7-3-1)12-21-13-16-9-10-18(21)19(16)22-14-17-8-4-5-11-20-17/h4-5,8,11,15-16,18-19H,1-3,6-7,9-10,12-14H2/t16-,18+,19+/m0/s1. The molecule has 3 fully saturated rings. The number of pyridine rings is 1. The van der Waals surface area contributed by atoms with Gasteiger partial charge in [0.1, 0.15) is 0 Å². The Morgan fingerprint density at radius 2 is 2.00 bits per heavy atom. The summed E-state index contributed by atoms with van der Waals surface area (Å²) in [6, 6.07) is 6.76. The molecule has 0 N–H and O–H groups in total. The van der Waals surface area contributed by atoms with Crippen LogP contribution in [0.3, 0.4) is 0 Å². The Morgan fingerprint density at radius 1 is 1.09 bits per heavy atom. The third kappa shape index (κ3) is 3.07. The molecule has 0 amide bonds. The second-order valence-corrected chi connectivity index (χ2v) is 7.46. The van der Waals surface area contributed by atoms with Gasteiger partial charge in [0.2, 0.25) is 0 Å². The van der Waals surface area contributed by atoms with Crippen molar-refractivity contribution in [2.45, 2.75) is 63.7 Å². The van der Waals surface area contributed by atoms with Crippen LogP contribution in [0.15, 0.2) is 24.4 Å². The van der Waals surface area contributed by atoms with E-state index in [1.54, 1.807) is 0 Å². The van der Waals surface area contributed by atoms with Gasteiger partial charge in [-0.25, -0.2) is 0 Å². The molecule has 2 saturated carbocycles. The molecule has 1 aliphatic heterocycles. The largest absolute Gasteiger partial charge is 0.370 e. The van der Waals surface area contributed by atoms with Crippen LogP contribution in [0.5, 0.6) is 0 Å². The van der Waals surface area contributed by atoms with Crippen molar-refractivity contribution in [2.75, 3.05) is 13.1 Å². The van der Waals surface area contributed by atoms with Crippen molar-refractivity contribution in [3.05, 3.63) is 30.1 Å². The van der Waals surface area contributed by atoms with Gasteiger partial charge in [0.05, 0.1) is 18.4 Å². The van der Waals surface area contributed by atoms with Gasteiger partial charge in [0, 0.05) is 25.3 Å². The van der Waals surface area contributed by atoms with Crippen LogP contribution in [-0.2, 0) is 11.3 Å². The lowest BCUT2D eigenvalue weighted by Gasteiger charge is -2.32. The number of hydrogen-bond donors (Lipinski definition) is 0. The Morgan fingerprint density at radius 3 is 2.82 bits per heavy atom. The molecule has 3 nitrogen and oxygen atoms in total. The minimum absolute atomic E-state index is 0.450. The van der Waals surface area contributed by atoms with Gasteiger partial charge in [-0.3, -0.25) is 9.88 Å². The molecule has 22 heavy (non-hydrogen) atoms. The van der Waals surface area contributed by atoms with E-state index in [0.29, 0.717) is 18.8 Å². The Labute approximate surface area is 134 Å². The van der Waals surface area contributed by atoms with Crippen LogP contribution < -0.4 is 0 Å². The van der Waals surface area contributed by atoms with E-state index >= 15 is 0 Å². The summed E-state index contributed by atoms with van der Waals surface area (Å²) < 4.78 is 6.29. The molecule has 120 valence electrons. The van der Waals surface area contributed by atoms with E-state index in [4.69, 9.17) is 4.74 Å². The van der Waals surface area contributed by atoms with Crippen molar-refractivity contribution in [3.63, 3.8) is 0 Å². The number of rotatable bonds is 5. The summed E-state index contributed by atoms with van der Waals surface area (Å²) in [4.78, 5) is 7.14. The molecule has 1 aromatic heterocycles. The Kier molecular flexibility index (Phi) is 4.44. The Balaban J connectivity index is 1.32. The van der Waals surface area contributed by atoms with E-state index in [1.165, 1.54) is 58.0 Å². The molecule has 4 rings (SSSR count). The molecule has 2 bridgehead atoms. The maximum atomic E-state index is 6.29. The van der Waals surface area contributed by atoms with Gasteiger partial charge in [-0.2, -0.15) is 0 Å². The van der Waals surface area contributed by atoms with E-state index in [2.05, 4.69) is 16.0 Å². The monoisotopic (exact) mass is 300 g/mol. The second kappa shape index (κ2) is 6.67. The summed E-state index contributed by atoms with van der Waals surface area (Å²) in [6.45, 7) is 3.27. The molecule has 1 saturated heterocycles. The lowest BCUT2D eigenvalue weighted by molar-refractivity contribution is 0.0125. The first-order chi connectivity index (χ1) is 10.9. The highest BCUT2D eigenvalue weighted by atomic mass is 16.5. The fraction of sp³-hybridized carbons (Fsp3) is 0.737. The first-order valence-electron chi connectivity index (χ1n) is 9.16. The number of nitrogens with zero attached hydrogens (tertiary/aromatic N) is 2.